The van der Waals surface area contributed by atoms with Gasteiger partial charge in [-0.1, -0.05) is 25.1 Å². The largest absolute Gasteiger partial charge is 0.311 e. The van der Waals surface area contributed by atoms with Crippen molar-refractivity contribution in [2.24, 2.45) is 0 Å². The average molecular weight is 223 g/mol. The first kappa shape index (κ1) is 12.6. The zero-order chi connectivity index (χ0) is 11.3. The van der Waals surface area contributed by atoms with E-state index in [1.165, 1.54) is 4.90 Å². The lowest BCUT2D eigenvalue weighted by molar-refractivity contribution is 0.429. The van der Waals surface area contributed by atoms with E-state index in [-0.39, 0.29) is 5.54 Å². The third-order valence-electron chi connectivity index (χ3n) is 2.00. The topological polar surface area (TPSA) is 12.0 Å². The lowest BCUT2D eigenvalue weighted by atomic mass is 10.1. The van der Waals surface area contributed by atoms with E-state index in [0.29, 0.717) is 5.25 Å². The van der Waals surface area contributed by atoms with Crippen molar-refractivity contribution in [3.8, 4) is 0 Å². The lowest BCUT2D eigenvalue weighted by Gasteiger charge is -2.23. The zero-order valence-electron chi connectivity index (χ0n) is 10.1. The van der Waals surface area contributed by atoms with Crippen LogP contribution in [-0.4, -0.2) is 17.3 Å². The standard InChI is InChI=1S/C13H21NS/c1-11(10-14-13(2,3)4)15-12-8-6-5-7-9-12/h5-9,11,14H,10H2,1-4H3. The fourth-order valence-corrected chi connectivity index (χ4v) is 2.17. The summed E-state index contributed by atoms with van der Waals surface area (Å²) in [5, 5.41) is 4.12. The van der Waals surface area contributed by atoms with Gasteiger partial charge in [0, 0.05) is 22.2 Å². The van der Waals surface area contributed by atoms with Gasteiger partial charge in [0.05, 0.1) is 0 Å². The molecule has 2 heteroatoms. The van der Waals surface area contributed by atoms with Gasteiger partial charge in [0.15, 0.2) is 0 Å². The molecule has 0 spiro atoms. The van der Waals surface area contributed by atoms with Gasteiger partial charge in [-0.25, -0.2) is 0 Å². The van der Waals surface area contributed by atoms with Gasteiger partial charge in [0.2, 0.25) is 0 Å². The van der Waals surface area contributed by atoms with E-state index < -0.39 is 0 Å². The predicted octanol–water partition coefficient (Wildman–Crippen LogP) is 3.56. The van der Waals surface area contributed by atoms with Crippen molar-refractivity contribution in [3.63, 3.8) is 0 Å². The second-order valence-electron chi connectivity index (χ2n) is 4.87. The number of rotatable bonds is 4. The number of nitrogens with one attached hydrogen (secondary N) is 1. The number of benzene rings is 1. The molecule has 0 fully saturated rings. The second kappa shape index (κ2) is 5.57. The maximum atomic E-state index is 3.52. The van der Waals surface area contributed by atoms with Crippen LogP contribution in [0.3, 0.4) is 0 Å². The molecule has 1 aromatic rings. The maximum Gasteiger partial charge on any atom is 0.0191 e. The van der Waals surface area contributed by atoms with Gasteiger partial charge in [0.25, 0.3) is 0 Å². The minimum absolute atomic E-state index is 0.214. The SMILES string of the molecule is CC(CNC(C)(C)C)Sc1ccccc1. The van der Waals surface area contributed by atoms with E-state index >= 15 is 0 Å². The molecule has 15 heavy (non-hydrogen) atoms. The van der Waals surface area contributed by atoms with Crippen LogP contribution in [0.1, 0.15) is 27.7 Å². The summed E-state index contributed by atoms with van der Waals surface area (Å²) in [4.78, 5) is 1.35. The summed E-state index contributed by atoms with van der Waals surface area (Å²) in [6.45, 7) is 9.91. The Morgan fingerprint density at radius 3 is 2.33 bits per heavy atom. The monoisotopic (exact) mass is 223 g/mol. The molecule has 0 aliphatic rings. The molecule has 1 nitrogen and oxygen atoms in total. The Kier molecular flexibility index (Phi) is 4.68. The Hall–Kier alpha value is -0.470. The quantitative estimate of drug-likeness (QED) is 0.783. The fourth-order valence-electron chi connectivity index (χ4n) is 1.22. The number of hydrogen-bond donors (Lipinski definition) is 1. The highest BCUT2D eigenvalue weighted by atomic mass is 32.2. The predicted molar refractivity (Wildman–Crippen MR) is 69.5 cm³/mol. The highest BCUT2D eigenvalue weighted by Crippen LogP contribution is 2.22. The molecule has 1 unspecified atom stereocenters. The smallest absolute Gasteiger partial charge is 0.0191 e. The van der Waals surface area contributed by atoms with Crippen molar-refractivity contribution in [2.45, 2.75) is 43.4 Å². The summed E-state index contributed by atoms with van der Waals surface area (Å²) >= 11 is 1.92. The first-order chi connectivity index (χ1) is 6.97. The highest BCUT2D eigenvalue weighted by Gasteiger charge is 2.11. The van der Waals surface area contributed by atoms with Crippen LogP contribution < -0.4 is 5.32 Å². The summed E-state index contributed by atoms with van der Waals surface area (Å²) in [5.74, 6) is 0. The van der Waals surface area contributed by atoms with Gasteiger partial charge < -0.3 is 5.32 Å². The van der Waals surface area contributed by atoms with Crippen LogP contribution in [0.2, 0.25) is 0 Å². The molecule has 84 valence electrons. The van der Waals surface area contributed by atoms with Gasteiger partial charge in [-0.3, -0.25) is 0 Å². The number of thioether (sulfide) groups is 1. The molecule has 1 atom stereocenters. The van der Waals surface area contributed by atoms with Crippen molar-refractivity contribution in [1.82, 2.24) is 5.32 Å². The molecular formula is C13H21NS. The van der Waals surface area contributed by atoms with Crippen molar-refractivity contribution >= 4 is 11.8 Å². The fraction of sp³-hybridized carbons (Fsp3) is 0.538. The minimum atomic E-state index is 0.214. The van der Waals surface area contributed by atoms with Crippen LogP contribution in [0.15, 0.2) is 35.2 Å². The zero-order valence-corrected chi connectivity index (χ0v) is 10.9. The third-order valence-corrected chi connectivity index (χ3v) is 3.11. The van der Waals surface area contributed by atoms with Crippen molar-refractivity contribution in [1.29, 1.82) is 0 Å². The van der Waals surface area contributed by atoms with Gasteiger partial charge in [-0.05, 0) is 32.9 Å². The lowest BCUT2D eigenvalue weighted by Crippen LogP contribution is -2.39. The van der Waals surface area contributed by atoms with Gasteiger partial charge in [-0.15, -0.1) is 11.8 Å². The molecular weight excluding hydrogens is 202 g/mol. The van der Waals surface area contributed by atoms with Gasteiger partial charge in [-0.2, -0.15) is 0 Å². The maximum absolute atomic E-state index is 3.52. The van der Waals surface area contributed by atoms with E-state index in [9.17, 15) is 0 Å². The number of hydrogen-bond acceptors (Lipinski definition) is 2. The Morgan fingerprint density at radius 2 is 1.80 bits per heavy atom. The van der Waals surface area contributed by atoms with Gasteiger partial charge in [0.1, 0.15) is 0 Å². The molecule has 1 aromatic carbocycles. The van der Waals surface area contributed by atoms with Crippen molar-refractivity contribution in [3.05, 3.63) is 30.3 Å². The Labute approximate surface area is 97.7 Å². The second-order valence-corrected chi connectivity index (χ2v) is 6.38. The molecule has 0 heterocycles. The van der Waals surface area contributed by atoms with Crippen LogP contribution in [0.4, 0.5) is 0 Å². The minimum Gasteiger partial charge on any atom is -0.311 e. The van der Waals surface area contributed by atoms with E-state index in [1.807, 2.05) is 11.8 Å². The van der Waals surface area contributed by atoms with Crippen molar-refractivity contribution in [2.75, 3.05) is 6.54 Å². The van der Waals surface area contributed by atoms with Crippen LogP contribution >= 0.6 is 11.8 Å². The third kappa shape index (κ3) is 5.85. The highest BCUT2D eigenvalue weighted by molar-refractivity contribution is 8.00. The Bertz CT molecular complexity index is 276. The van der Waals surface area contributed by atoms with E-state index in [0.717, 1.165) is 6.54 Å². The molecule has 1 rings (SSSR count). The molecule has 0 saturated carbocycles. The average Bonchev–Trinajstić information content (AvgIpc) is 2.15. The van der Waals surface area contributed by atoms with Crippen LogP contribution in [0, 0.1) is 0 Å². The molecule has 0 aliphatic carbocycles. The molecule has 1 N–H and O–H groups in total. The summed E-state index contributed by atoms with van der Waals surface area (Å²) in [5.41, 5.74) is 0.214. The summed E-state index contributed by atoms with van der Waals surface area (Å²) in [7, 11) is 0. The van der Waals surface area contributed by atoms with Crippen LogP contribution in [0.25, 0.3) is 0 Å². The molecule has 0 aliphatic heterocycles. The van der Waals surface area contributed by atoms with Gasteiger partial charge >= 0.3 is 0 Å². The normalized spacial score (nSPS) is 13.9. The summed E-state index contributed by atoms with van der Waals surface area (Å²) in [6.07, 6.45) is 0. The van der Waals surface area contributed by atoms with Crippen molar-refractivity contribution < 1.29 is 0 Å². The van der Waals surface area contributed by atoms with E-state index in [2.05, 4.69) is 63.3 Å². The van der Waals surface area contributed by atoms with Crippen LogP contribution in [-0.2, 0) is 0 Å². The van der Waals surface area contributed by atoms with E-state index in [4.69, 9.17) is 0 Å². The first-order valence-corrected chi connectivity index (χ1v) is 6.32. The Balaban J connectivity index is 2.34. The molecule has 0 saturated heterocycles. The molecule has 0 aromatic heterocycles. The van der Waals surface area contributed by atoms with E-state index in [1.54, 1.807) is 0 Å². The Morgan fingerprint density at radius 1 is 1.20 bits per heavy atom. The first-order valence-electron chi connectivity index (χ1n) is 5.44. The molecule has 0 bridgehead atoms. The summed E-state index contributed by atoms with van der Waals surface area (Å²) in [6, 6.07) is 10.6. The van der Waals surface area contributed by atoms with Crippen LogP contribution in [0.5, 0.6) is 0 Å². The molecule has 0 amide bonds. The summed E-state index contributed by atoms with van der Waals surface area (Å²) < 4.78 is 0. The molecule has 0 radical (unpaired) electrons.